The van der Waals surface area contributed by atoms with Gasteiger partial charge in [-0.25, -0.2) is 0 Å². The van der Waals surface area contributed by atoms with Crippen LogP contribution in [0.25, 0.3) is 0 Å². The van der Waals surface area contributed by atoms with E-state index >= 15 is 0 Å². The molecule has 2 amide bonds. The molecule has 2 N–H and O–H groups in total. The molecule has 2 saturated carbocycles. The van der Waals surface area contributed by atoms with E-state index in [1.807, 2.05) is 4.90 Å². The minimum atomic E-state index is 0.165. The van der Waals surface area contributed by atoms with Crippen LogP contribution in [-0.4, -0.2) is 48.4 Å². The van der Waals surface area contributed by atoms with Crippen LogP contribution in [0.2, 0.25) is 0 Å². The minimum absolute atomic E-state index is 0.165. The van der Waals surface area contributed by atoms with Crippen LogP contribution < -0.4 is 10.6 Å². The second-order valence-electron chi connectivity index (χ2n) is 8.11. The van der Waals surface area contributed by atoms with E-state index in [2.05, 4.69) is 17.6 Å². The lowest BCUT2D eigenvalue weighted by atomic mass is 9.84. The first kappa shape index (κ1) is 17.7. The molecule has 1 heterocycles. The van der Waals surface area contributed by atoms with Crippen LogP contribution in [0, 0.1) is 11.8 Å². The number of carbonyl (C=O) groups excluding carboxylic acids is 2. The Morgan fingerprint density at radius 1 is 1.08 bits per heavy atom. The van der Waals surface area contributed by atoms with Gasteiger partial charge in [-0.05, 0) is 51.4 Å². The molecule has 24 heavy (non-hydrogen) atoms. The Bertz CT molecular complexity index is 440. The van der Waals surface area contributed by atoms with E-state index in [-0.39, 0.29) is 17.9 Å². The topological polar surface area (TPSA) is 61.4 Å². The molecule has 0 aromatic carbocycles. The lowest BCUT2D eigenvalue weighted by molar-refractivity contribution is -0.137. The summed E-state index contributed by atoms with van der Waals surface area (Å²) in [5, 5.41) is 6.60. The van der Waals surface area contributed by atoms with Gasteiger partial charge in [-0.3, -0.25) is 9.59 Å². The number of nitrogens with one attached hydrogen (secondary N) is 2. The smallest absolute Gasteiger partial charge is 0.225 e. The molecule has 3 rings (SSSR count). The molecule has 5 heteroatoms. The predicted molar refractivity (Wildman–Crippen MR) is 94.5 cm³/mol. The highest BCUT2D eigenvalue weighted by atomic mass is 16.2. The fourth-order valence-corrected chi connectivity index (χ4v) is 4.64. The average molecular weight is 335 g/mol. The van der Waals surface area contributed by atoms with Crippen LogP contribution in [-0.2, 0) is 9.59 Å². The monoisotopic (exact) mass is 335 g/mol. The quantitative estimate of drug-likeness (QED) is 0.827. The Hall–Kier alpha value is -1.10. The first-order chi connectivity index (χ1) is 11.6. The van der Waals surface area contributed by atoms with E-state index in [0.29, 0.717) is 24.3 Å². The van der Waals surface area contributed by atoms with E-state index in [0.717, 1.165) is 45.3 Å². The molecule has 1 saturated heterocycles. The lowest BCUT2D eigenvalue weighted by Gasteiger charge is -2.36. The van der Waals surface area contributed by atoms with Crippen LogP contribution >= 0.6 is 0 Å². The third-order valence-electron chi connectivity index (χ3n) is 6.07. The van der Waals surface area contributed by atoms with E-state index in [4.69, 9.17) is 0 Å². The molecule has 0 spiro atoms. The van der Waals surface area contributed by atoms with Crippen molar-refractivity contribution in [1.29, 1.82) is 0 Å². The van der Waals surface area contributed by atoms with Crippen molar-refractivity contribution in [1.82, 2.24) is 15.5 Å². The molecule has 3 aliphatic rings. The molecular formula is C19H33N3O2. The zero-order chi connectivity index (χ0) is 16.9. The Morgan fingerprint density at radius 3 is 2.46 bits per heavy atom. The fourth-order valence-electron chi connectivity index (χ4n) is 4.64. The maximum Gasteiger partial charge on any atom is 0.225 e. The maximum atomic E-state index is 12.7. The van der Waals surface area contributed by atoms with Crippen molar-refractivity contribution in [3.63, 3.8) is 0 Å². The summed E-state index contributed by atoms with van der Waals surface area (Å²) in [6.45, 7) is 4.70. The van der Waals surface area contributed by atoms with Gasteiger partial charge in [0.2, 0.25) is 11.8 Å². The van der Waals surface area contributed by atoms with Gasteiger partial charge < -0.3 is 15.5 Å². The van der Waals surface area contributed by atoms with Crippen molar-refractivity contribution in [3.05, 3.63) is 0 Å². The molecule has 1 unspecified atom stereocenters. The second kappa shape index (κ2) is 8.32. The Morgan fingerprint density at radius 2 is 1.79 bits per heavy atom. The summed E-state index contributed by atoms with van der Waals surface area (Å²) in [5.74, 6) is 1.34. The van der Waals surface area contributed by atoms with Crippen LogP contribution in [0.1, 0.15) is 64.7 Å². The van der Waals surface area contributed by atoms with Gasteiger partial charge in [-0.15, -0.1) is 0 Å². The number of amides is 2. The van der Waals surface area contributed by atoms with Gasteiger partial charge in [-0.2, -0.15) is 0 Å². The van der Waals surface area contributed by atoms with Crippen LogP contribution in [0.4, 0.5) is 0 Å². The van der Waals surface area contributed by atoms with Gasteiger partial charge in [0.1, 0.15) is 0 Å². The summed E-state index contributed by atoms with van der Waals surface area (Å²) in [5.41, 5.74) is 0. The van der Waals surface area contributed by atoms with E-state index in [9.17, 15) is 9.59 Å². The molecule has 0 radical (unpaired) electrons. The molecule has 5 nitrogen and oxygen atoms in total. The highest BCUT2D eigenvalue weighted by Gasteiger charge is 2.31. The van der Waals surface area contributed by atoms with Crippen LogP contribution in [0.3, 0.4) is 0 Å². The van der Waals surface area contributed by atoms with E-state index in [1.165, 1.54) is 25.7 Å². The molecule has 3 fully saturated rings. The van der Waals surface area contributed by atoms with Crippen LogP contribution in [0.5, 0.6) is 0 Å². The van der Waals surface area contributed by atoms with Gasteiger partial charge >= 0.3 is 0 Å². The average Bonchev–Trinajstić information content (AvgIpc) is 3.07. The minimum Gasteiger partial charge on any atom is -0.353 e. The van der Waals surface area contributed by atoms with Crippen molar-refractivity contribution in [2.75, 3.05) is 19.6 Å². The Balaban J connectivity index is 1.38. The van der Waals surface area contributed by atoms with Gasteiger partial charge in [-0.1, -0.05) is 12.8 Å². The molecule has 136 valence electrons. The molecule has 0 bridgehead atoms. The Kier molecular flexibility index (Phi) is 6.14. The number of piperazine rings is 1. The first-order valence-electron chi connectivity index (χ1n) is 9.93. The van der Waals surface area contributed by atoms with Gasteiger partial charge in [0.15, 0.2) is 0 Å². The number of nitrogens with zero attached hydrogens (tertiary/aromatic N) is 1. The van der Waals surface area contributed by atoms with Crippen LogP contribution in [0.15, 0.2) is 0 Å². The van der Waals surface area contributed by atoms with Crippen molar-refractivity contribution < 1.29 is 9.59 Å². The van der Waals surface area contributed by atoms with Crippen molar-refractivity contribution in [3.8, 4) is 0 Å². The highest BCUT2D eigenvalue weighted by Crippen LogP contribution is 2.29. The summed E-state index contributed by atoms with van der Waals surface area (Å²) >= 11 is 0. The summed E-state index contributed by atoms with van der Waals surface area (Å²) in [6, 6.07) is 0.679. The molecular weight excluding hydrogens is 302 g/mol. The summed E-state index contributed by atoms with van der Waals surface area (Å²) < 4.78 is 0. The van der Waals surface area contributed by atoms with Gasteiger partial charge in [0.05, 0.1) is 0 Å². The SMILES string of the molecule is CC1CN(C(=O)C2CCC(NC(=O)CC3CCCC3)CC2)CCN1. The highest BCUT2D eigenvalue weighted by molar-refractivity contribution is 5.79. The zero-order valence-electron chi connectivity index (χ0n) is 15.1. The lowest BCUT2D eigenvalue weighted by Crippen LogP contribution is -2.53. The first-order valence-corrected chi connectivity index (χ1v) is 9.93. The largest absolute Gasteiger partial charge is 0.353 e. The van der Waals surface area contributed by atoms with E-state index < -0.39 is 0 Å². The predicted octanol–water partition coefficient (Wildman–Crippen LogP) is 2.06. The number of hydrogen-bond acceptors (Lipinski definition) is 3. The van der Waals surface area contributed by atoms with Crippen molar-refractivity contribution in [2.45, 2.75) is 76.8 Å². The zero-order valence-corrected chi connectivity index (χ0v) is 15.1. The fraction of sp³-hybridized carbons (Fsp3) is 0.895. The maximum absolute atomic E-state index is 12.7. The van der Waals surface area contributed by atoms with Gasteiger partial charge in [0, 0.05) is 44.1 Å². The third-order valence-corrected chi connectivity index (χ3v) is 6.07. The molecule has 0 aromatic heterocycles. The molecule has 1 aliphatic heterocycles. The molecule has 1 atom stereocenters. The third kappa shape index (κ3) is 4.71. The summed E-state index contributed by atoms with van der Waals surface area (Å²) in [6.07, 6.45) is 9.47. The van der Waals surface area contributed by atoms with Crippen molar-refractivity contribution >= 4 is 11.8 Å². The summed E-state index contributed by atoms with van der Waals surface area (Å²) in [7, 11) is 0. The Labute approximate surface area is 145 Å². The standard InChI is InChI=1S/C19H33N3O2/c1-14-13-22(11-10-20-14)19(24)16-6-8-17(9-7-16)21-18(23)12-15-4-2-3-5-15/h14-17,20H,2-13H2,1H3,(H,21,23). The number of carbonyl (C=O) groups is 2. The number of rotatable bonds is 4. The molecule has 2 aliphatic carbocycles. The normalized spacial score (nSPS) is 31.9. The van der Waals surface area contributed by atoms with E-state index in [1.54, 1.807) is 0 Å². The molecule has 0 aromatic rings. The number of hydrogen-bond donors (Lipinski definition) is 2. The van der Waals surface area contributed by atoms with Gasteiger partial charge in [0.25, 0.3) is 0 Å². The van der Waals surface area contributed by atoms with Crippen molar-refractivity contribution in [2.24, 2.45) is 11.8 Å². The second-order valence-corrected chi connectivity index (χ2v) is 8.11. The summed E-state index contributed by atoms with van der Waals surface area (Å²) in [4.78, 5) is 26.9.